The molecule has 4 rings (SSSR count). The number of nitriles is 1. The number of thioether (sulfide) groups is 1. The number of ether oxygens (including phenoxy) is 1. The zero-order valence-electron chi connectivity index (χ0n) is 18.1. The first kappa shape index (κ1) is 23.2. The van der Waals surface area contributed by atoms with Crippen LogP contribution in [0.2, 0.25) is 0 Å². The van der Waals surface area contributed by atoms with Gasteiger partial charge in [-0.25, -0.2) is 4.98 Å². The number of nitrogens with two attached hydrogens (primary N) is 1. The third-order valence-corrected chi connectivity index (χ3v) is 7.49. The van der Waals surface area contributed by atoms with Crippen LogP contribution in [0.15, 0.2) is 35.2 Å². The van der Waals surface area contributed by atoms with E-state index in [0.29, 0.717) is 29.0 Å². The Bertz CT molecular complexity index is 1190. The van der Waals surface area contributed by atoms with Crippen molar-refractivity contribution in [3.05, 3.63) is 40.9 Å². The summed E-state index contributed by atoms with van der Waals surface area (Å²) in [6.45, 7) is 3.09. The standard InChI is InChI=1S/C22H24N6O3S2/c1-13(20(30)15(11-23)21-25-16-6-2-3-7-17(16)33-21)32-22-27-26-19(9-8-18(24)29)28(22)12-14-5-4-10-31-14/h2-3,6-7,13-14,30H,4-5,8-10,12H2,1H3,(H2,24,29)/b20-15-. The van der Waals surface area contributed by atoms with Crippen molar-refractivity contribution in [3.8, 4) is 6.07 Å². The lowest BCUT2D eigenvalue weighted by Crippen LogP contribution is -2.20. The summed E-state index contributed by atoms with van der Waals surface area (Å²) in [5.41, 5.74) is 6.25. The van der Waals surface area contributed by atoms with E-state index in [4.69, 9.17) is 10.5 Å². The normalized spacial score (nSPS) is 17.6. The summed E-state index contributed by atoms with van der Waals surface area (Å²) in [6.07, 6.45) is 2.53. The quantitative estimate of drug-likeness (QED) is 0.267. The van der Waals surface area contributed by atoms with Crippen LogP contribution in [-0.2, 0) is 22.5 Å². The van der Waals surface area contributed by atoms with Crippen molar-refractivity contribution < 1.29 is 14.6 Å². The van der Waals surface area contributed by atoms with Crippen molar-refractivity contribution in [2.45, 2.75) is 55.7 Å². The number of rotatable bonds is 9. The number of aryl methyl sites for hydroxylation is 1. The minimum Gasteiger partial charge on any atom is -0.510 e. The molecule has 0 saturated carbocycles. The number of nitrogens with zero attached hydrogens (tertiary/aromatic N) is 5. The number of aliphatic hydroxyl groups excluding tert-OH is 1. The largest absolute Gasteiger partial charge is 0.510 e. The zero-order valence-corrected chi connectivity index (χ0v) is 19.7. The van der Waals surface area contributed by atoms with Gasteiger partial charge in [-0.1, -0.05) is 23.9 Å². The van der Waals surface area contributed by atoms with Crippen LogP contribution in [0.1, 0.15) is 37.0 Å². The van der Waals surface area contributed by atoms with E-state index in [1.54, 1.807) is 6.92 Å². The highest BCUT2D eigenvalue weighted by Crippen LogP contribution is 2.33. The Hall–Kier alpha value is -2.94. The fraction of sp³-hybridized carbons (Fsp3) is 0.409. The highest BCUT2D eigenvalue weighted by molar-refractivity contribution is 7.99. The monoisotopic (exact) mass is 484 g/mol. The average Bonchev–Trinajstić information content (AvgIpc) is 3.54. The van der Waals surface area contributed by atoms with E-state index in [1.807, 2.05) is 28.8 Å². The number of primary amides is 1. The van der Waals surface area contributed by atoms with Crippen LogP contribution >= 0.6 is 23.1 Å². The van der Waals surface area contributed by atoms with Gasteiger partial charge < -0.3 is 20.1 Å². The molecule has 2 aromatic heterocycles. The molecule has 3 heterocycles. The van der Waals surface area contributed by atoms with Crippen LogP contribution in [0.3, 0.4) is 0 Å². The Kier molecular flexibility index (Phi) is 7.27. The van der Waals surface area contributed by atoms with Crippen LogP contribution in [0, 0.1) is 11.3 Å². The molecule has 1 amide bonds. The molecule has 33 heavy (non-hydrogen) atoms. The zero-order chi connectivity index (χ0) is 23.4. The smallest absolute Gasteiger partial charge is 0.217 e. The van der Waals surface area contributed by atoms with Crippen LogP contribution in [0.25, 0.3) is 15.8 Å². The van der Waals surface area contributed by atoms with Crippen molar-refractivity contribution >= 4 is 44.8 Å². The Morgan fingerprint density at radius 2 is 2.27 bits per heavy atom. The molecule has 3 N–H and O–H groups in total. The fourth-order valence-corrected chi connectivity index (χ4v) is 5.52. The molecule has 1 aliphatic heterocycles. The summed E-state index contributed by atoms with van der Waals surface area (Å²) < 4.78 is 8.65. The number of hydrogen-bond donors (Lipinski definition) is 2. The van der Waals surface area contributed by atoms with Gasteiger partial charge in [-0.05, 0) is 31.9 Å². The minimum atomic E-state index is -0.469. The van der Waals surface area contributed by atoms with Crippen molar-refractivity contribution in [1.29, 1.82) is 5.26 Å². The lowest BCUT2D eigenvalue weighted by Gasteiger charge is -2.16. The molecule has 9 nitrogen and oxygen atoms in total. The van der Waals surface area contributed by atoms with Crippen molar-refractivity contribution in [2.24, 2.45) is 5.73 Å². The first-order chi connectivity index (χ1) is 16.0. The van der Waals surface area contributed by atoms with Gasteiger partial charge in [0.05, 0.1) is 28.1 Å². The molecular formula is C22H24N6O3S2. The van der Waals surface area contributed by atoms with Crippen molar-refractivity contribution in [1.82, 2.24) is 19.7 Å². The topological polar surface area (TPSA) is 140 Å². The second-order valence-electron chi connectivity index (χ2n) is 7.73. The van der Waals surface area contributed by atoms with Gasteiger partial charge in [-0.3, -0.25) is 4.79 Å². The van der Waals surface area contributed by atoms with Gasteiger partial charge in [0.15, 0.2) is 5.16 Å². The molecular weight excluding hydrogens is 460 g/mol. The molecule has 0 radical (unpaired) electrons. The summed E-state index contributed by atoms with van der Waals surface area (Å²) in [6, 6.07) is 9.71. The molecule has 2 atom stereocenters. The van der Waals surface area contributed by atoms with Gasteiger partial charge in [-0.15, -0.1) is 21.5 Å². The van der Waals surface area contributed by atoms with Gasteiger partial charge >= 0.3 is 0 Å². The molecule has 0 bridgehead atoms. The molecule has 3 aromatic rings. The van der Waals surface area contributed by atoms with Crippen molar-refractivity contribution in [3.63, 3.8) is 0 Å². The molecule has 1 aliphatic rings. The van der Waals surface area contributed by atoms with E-state index in [-0.39, 0.29) is 23.9 Å². The number of thiazole rings is 1. The molecule has 1 aromatic carbocycles. The third-order valence-electron chi connectivity index (χ3n) is 5.34. The van der Waals surface area contributed by atoms with Gasteiger partial charge in [0, 0.05) is 19.4 Å². The maximum Gasteiger partial charge on any atom is 0.217 e. The number of aliphatic hydroxyl groups is 1. The van der Waals surface area contributed by atoms with Crippen molar-refractivity contribution in [2.75, 3.05) is 6.61 Å². The number of carbonyl (C=O) groups is 1. The van der Waals surface area contributed by atoms with E-state index in [1.165, 1.54) is 23.1 Å². The van der Waals surface area contributed by atoms with Crippen LogP contribution in [0.5, 0.6) is 0 Å². The van der Waals surface area contributed by atoms with Gasteiger partial charge in [-0.2, -0.15) is 5.26 Å². The van der Waals surface area contributed by atoms with E-state index in [9.17, 15) is 15.2 Å². The molecule has 0 aliphatic carbocycles. The van der Waals surface area contributed by atoms with E-state index in [2.05, 4.69) is 21.3 Å². The third kappa shape index (κ3) is 5.35. The van der Waals surface area contributed by atoms with Crippen LogP contribution in [0.4, 0.5) is 0 Å². The van der Waals surface area contributed by atoms with Gasteiger partial charge in [0.2, 0.25) is 5.91 Å². The predicted octanol–water partition coefficient (Wildman–Crippen LogP) is 3.46. The number of para-hydroxylation sites is 1. The number of fused-ring (bicyclic) bond motifs is 1. The van der Waals surface area contributed by atoms with Gasteiger partial charge in [0.25, 0.3) is 0 Å². The fourth-order valence-electron chi connectivity index (χ4n) is 3.61. The summed E-state index contributed by atoms with van der Waals surface area (Å²) in [4.78, 5) is 15.8. The highest BCUT2D eigenvalue weighted by Gasteiger charge is 2.25. The predicted molar refractivity (Wildman–Crippen MR) is 127 cm³/mol. The number of amides is 1. The van der Waals surface area contributed by atoms with Crippen LogP contribution < -0.4 is 5.73 Å². The summed E-state index contributed by atoms with van der Waals surface area (Å²) >= 11 is 2.66. The number of carbonyl (C=O) groups excluding carboxylic acids is 1. The second-order valence-corrected chi connectivity index (χ2v) is 10.1. The maximum absolute atomic E-state index is 11.3. The molecule has 11 heteroatoms. The minimum absolute atomic E-state index is 0.0459. The Labute approximate surface area is 199 Å². The average molecular weight is 485 g/mol. The Morgan fingerprint density at radius 3 is 2.97 bits per heavy atom. The maximum atomic E-state index is 11.3. The number of hydrogen-bond acceptors (Lipinski definition) is 9. The molecule has 2 unspecified atom stereocenters. The highest BCUT2D eigenvalue weighted by atomic mass is 32.2. The lowest BCUT2D eigenvalue weighted by molar-refractivity contribution is -0.118. The lowest BCUT2D eigenvalue weighted by atomic mass is 10.2. The number of aromatic nitrogens is 4. The number of allylic oxidation sites excluding steroid dienone is 1. The second kappa shape index (κ2) is 10.3. The number of benzene rings is 1. The van der Waals surface area contributed by atoms with E-state index >= 15 is 0 Å². The van der Waals surface area contributed by atoms with Crippen LogP contribution in [-0.4, -0.2) is 48.7 Å². The molecule has 172 valence electrons. The molecule has 0 spiro atoms. The van der Waals surface area contributed by atoms with Gasteiger partial charge in [0.1, 0.15) is 28.2 Å². The van der Waals surface area contributed by atoms with E-state index in [0.717, 1.165) is 29.7 Å². The molecule has 1 saturated heterocycles. The summed E-state index contributed by atoms with van der Waals surface area (Å²) in [7, 11) is 0. The Balaban J connectivity index is 1.59. The SMILES string of the molecule is CC(Sc1nnc(CCC(N)=O)n1CC1CCCO1)/C(O)=C(\C#N)c1nc2ccccc2s1. The Morgan fingerprint density at radius 1 is 1.45 bits per heavy atom. The summed E-state index contributed by atoms with van der Waals surface area (Å²) in [5, 5.41) is 29.8. The first-order valence-corrected chi connectivity index (χ1v) is 12.3. The summed E-state index contributed by atoms with van der Waals surface area (Å²) in [5.74, 6) is 0.181. The van der Waals surface area contributed by atoms with E-state index < -0.39 is 11.2 Å². The molecule has 1 fully saturated rings. The first-order valence-electron chi connectivity index (χ1n) is 10.6.